The van der Waals surface area contributed by atoms with E-state index < -0.39 is 0 Å². The first-order valence-corrected chi connectivity index (χ1v) is 7.75. The van der Waals surface area contributed by atoms with Crippen LogP contribution in [0.5, 0.6) is 0 Å². The highest BCUT2D eigenvalue weighted by molar-refractivity contribution is 8.03. The van der Waals surface area contributed by atoms with Gasteiger partial charge in [0.2, 0.25) is 5.91 Å². The summed E-state index contributed by atoms with van der Waals surface area (Å²) in [4.78, 5) is 15.4. The summed E-state index contributed by atoms with van der Waals surface area (Å²) >= 11 is 1.68. The number of thioether (sulfide) groups is 1. The van der Waals surface area contributed by atoms with Gasteiger partial charge in [-0.2, -0.15) is 0 Å². The highest BCUT2D eigenvalue weighted by Crippen LogP contribution is 2.39. The molecule has 0 saturated carbocycles. The molecule has 0 spiro atoms. The summed E-state index contributed by atoms with van der Waals surface area (Å²) in [6.45, 7) is 2.15. The van der Waals surface area contributed by atoms with E-state index in [1.807, 2.05) is 44.4 Å². The fourth-order valence-corrected chi connectivity index (χ4v) is 3.37. The van der Waals surface area contributed by atoms with Gasteiger partial charge >= 0.3 is 0 Å². The molecule has 1 amide bonds. The molecule has 1 aliphatic carbocycles. The van der Waals surface area contributed by atoms with Crippen LogP contribution in [0.2, 0.25) is 0 Å². The summed E-state index contributed by atoms with van der Waals surface area (Å²) < 4.78 is 0. The number of carbonyl (C=O) groups is 1. The molecule has 106 valence electrons. The average Bonchev–Trinajstić information content (AvgIpc) is 2.47. The Morgan fingerprint density at radius 1 is 1.15 bits per heavy atom. The fraction of sp³-hybridized carbons (Fsp3) is 0.353. The normalized spacial score (nSPS) is 16.1. The predicted molar refractivity (Wildman–Crippen MR) is 86.5 cm³/mol. The van der Waals surface area contributed by atoms with Crippen LogP contribution in [0.25, 0.3) is 0 Å². The minimum atomic E-state index is -0.149. The number of benzene rings is 1. The van der Waals surface area contributed by atoms with E-state index in [1.165, 1.54) is 10.5 Å². The molecular formula is C17H21NOS. The topological polar surface area (TPSA) is 20.3 Å². The summed E-state index contributed by atoms with van der Waals surface area (Å²) in [5.74, 6) is 0.147. The van der Waals surface area contributed by atoms with Crippen LogP contribution in [-0.4, -0.2) is 24.9 Å². The zero-order chi connectivity index (χ0) is 14.5. The lowest BCUT2D eigenvalue weighted by molar-refractivity contribution is -0.128. The van der Waals surface area contributed by atoms with Gasteiger partial charge in [-0.05, 0) is 30.2 Å². The van der Waals surface area contributed by atoms with Crippen molar-refractivity contribution < 1.29 is 4.79 Å². The molecule has 0 N–H and O–H groups in total. The number of carbonyl (C=O) groups excluding carboxylic acids is 1. The highest BCUT2D eigenvalue weighted by Gasteiger charge is 2.24. The third-order valence-electron chi connectivity index (χ3n) is 3.36. The molecule has 1 aromatic carbocycles. The predicted octanol–water partition coefficient (Wildman–Crippen LogP) is 4.17. The van der Waals surface area contributed by atoms with Crippen molar-refractivity contribution in [1.29, 1.82) is 0 Å². The Morgan fingerprint density at radius 2 is 1.85 bits per heavy atom. The quantitative estimate of drug-likeness (QED) is 0.828. The highest BCUT2D eigenvalue weighted by atomic mass is 32.2. The number of hydrogen-bond donors (Lipinski definition) is 0. The van der Waals surface area contributed by atoms with Gasteiger partial charge in [0.1, 0.15) is 5.25 Å². The van der Waals surface area contributed by atoms with Crippen LogP contribution in [0.3, 0.4) is 0 Å². The number of nitrogens with zero attached hydrogens (tertiary/aromatic N) is 1. The Morgan fingerprint density at radius 3 is 2.40 bits per heavy atom. The molecule has 1 unspecified atom stereocenters. The average molecular weight is 287 g/mol. The van der Waals surface area contributed by atoms with Gasteiger partial charge in [0.25, 0.3) is 0 Å². The molecular weight excluding hydrogens is 266 g/mol. The smallest absolute Gasteiger partial charge is 0.240 e. The molecule has 0 aromatic heterocycles. The van der Waals surface area contributed by atoms with Gasteiger partial charge in [-0.15, -0.1) is 11.8 Å². The van der Waals surface area contributed by atoms with Crippen molar-refractivity contribution in [2.24, 2.45) is 0 Å². The molecule has 0 bridgehead atoms. The Labute approximate surface area is 125 Å². The van der Waals surface area contributed by atoms with Crippen LogP contribution in [0.15, 0.2) is 53.0 Å². The molecule has 20 heavy (non-hydrogen) atoms. The number of allylic oxidation sites excluding steroid dienone is 4. The molecule has 1 aliphatic rings. The fourth-order valence-electron chi connectivity index (χ4n) is 2.10. The van der Waals surface area contributed by atoms with Gasteiger partial charge in [0, 0.05) is 14.1 Å². The van der Waals surface area contributed by atoms with E-state index in [9.17, 15) is 4.79 Å². The second kappa shape index (κ2) is 6.80. The summed E-state index contributed by atoms with van der Waals surface area (Å²) in [6, 6.07) is 10.0. The van der Waals surface area contributed by atoms with Crippen molar-refractivity contribution in [2.75, 3.05) is 14.1 Å². The SMILES string of the molecule is CC1=CC=C(SC(C(=O)N(C)C)c2ccccc2)CC1. The van der Waals surface area contributed by atoms with Gasteiger partial charge in [0.15, 0.2) is 0 Å². The molecule has 1 aromatic rings. The molecule has 2 nitrogen and oxygen atoms in total. The van der Waals surface area contributed by atoms with Crippen LogP contribution >= 0.6 is 11.8 Å². The van der Waals surface area contributed by atoms with E-state index >= 15 is 0 Å². The minimum Gasteiger partial charge on any atom is -0.348 e. The zero-order valence-electron chi connectivity index (χ0n) is 12.3. The molecule has 0 fully saturated rings. The Kier molecular flexibility index (Phi) is 5.07. The van der Waals surface area contributed by atoms with Crippen molar-refractivity contribution in [3.8, 4) is 0 Å². The Balaban J connectivity index is 2.22. The third-order valence-corrected chi connectivity index (χ3v) is 4.71. The summed E-state index contributed by atoms with van der Waals surface area (Å²) in [5.41, 5.74) is 2.48. The Bertz CT molecular complexity index is 531. The van der Waals surface area contributed by atoms with E-state index in [0.717, 1.165) is 18.4 Å². The molecule has 0 aliphatic heterocycles. The largest absolute Gasteiger partial charge is 0.348 e. The third kappa shape index (κ3) is 3.76. The van der Waals surface area contributed by atoms with Crippen molar-refractivity contribution in [3.63, 3.8) is 0 Å². The van der Waals surface area contributed by atoms with Gasteiger partial charge in [0.05, 0.1) is 0 Å². The monoisotopic (exact) mass is 287 g/mol. The van der Waals surface area contributed by atoms with E-state index in [2.05, 4.69) is 19.1 Å². The molecule has 1 atom stereocenters. The standard InChI is InChI=1S/C17H21NOS/c1-13-9-11-15(12-10-13)20-16(17(19)18(2)3)14-7-5-4-6-8-14/h4-9,11,16H,10,12H2,1-3H3. The van der Waals surface area contributed by atoms with Crippen molar-refractivity contribution in [3.05, 3.63) is 58.5 Å². The second-order valence-corrected chi connectivity index (χ2v) is 6.52. The molecule has 0 saturated heterocycles. The van der Waals surface area contributed by atoms with Crippen LogP contribution in [0.1, 0.15) is 30.6 Å². The zero-order valence-corrected chi connectivity index (χ0v) is 13.1. The van der Waals surface area contributed by atoms with Gasteiger partial charge in [-0.3, -0.25) is 4.79 Å². The summed E-state index contributed by atoms with van der Waals surface area (Å²) in [7, 11) is 3.64. The van der Waals surface area contributed by atoms with Crippen LogP contribution < -0.4 is 0 Å². The first kappa shape index (κ1) is 14.9. The van der Waals surface area contributed by atoms with Gasteiger partial charge < -0.3 is 4.90 Å². The lowest BCUT2D eigenvalue weighted by Gasteiger charge is -2.22. The van der Waals surface area contributed by atoms with Crippen LogP contribution in [-0.2, 0) is 4.79 Å². The maximum absolute atomic E-state index is 12.4. The number of amides is 1. The van der Waals surface area contributed by atoms with E-state index in [1.54, 1.807) is 16.7 Å². The second-order valence-electron chi connectivity index (χ2n) is 5.29. The molecule has 0 heterocycles. The maximum atomic E-state index is 12.4. The minimum absolute atomic E-state index is 0.147. The maximum Gasteiger partial charge on any atom is 0.240 e. The lowest BCUT2D eigenvalue weighted by Crippen LogP contribution is -2.26. The first-order chi connectivity index (χ1) is 9.58. The molecule has 3 heteroatoms. The van der Waals surface area contributed by atoms with Crippen LogP contribution in [0.4, 0.5) is 0 Å². The van der Waals surface area contributed by atoms with Crippen molar-refractivity contribution >= 4 is 17.7 Å². The number of hydrogen-bond acceptors (Lipinski definition) is 2. The Hall–Kier alpha value is -1.48. The number of rotatable bonds is 4. The van der Waals surface area contributed by atoms with E-state index in [-0.39, 0.29) is 11.2 Å². The van der Waals surface area contributed by atoms with Gasteiger partial charge in [-0.25, -0.2) is 0 Å². The molecule has 0 radical (unpaired) electrons. The first-order valence-electron chi connectivity index (χ1n) is 6.87. The van der Waals surface area contributed by atoms with E-state index in [0.29, 0.717) is 0 Å². The number of likely N-dealkylation sites (N-methyl/N-ethyl adjacent to an activating group) is 1. The van der Waals surface area contributed by atoms with Gasteiger partial charge in [-0.1, -0.05) is 48.1 Å². The van der Waals surface area contributed by atoms with Crippen LogP contribution in [0, 0.1) is 0 Å². The summed E-state index contributed by atoms with van der Waals surface area (Å²) in [5, 5.41) is -0.149. The van der Waals surface area contributed by atoms with E-state index in [4.69, 9.17) is 0 Å². The molecule has 2 rings (SSSR count). The van der Waals surface area contributed by atoms with Crippen molar-refractivity contribution in [2.45, 2.75) is 25.0 Å². The lowest BCUT2D eigenvalue weighted by atomic mass is 10.1. The summed E-state index contributed by atoms with van der Waals surface area (Å²) in [6.07, 6.45) is 6.45. The van der Waals surface area contributed by atoms with Crippen molar-refractivity contribution in [1.82, 2.24) is 4.90 Å².